The van der Waals surface area contributed by atoms with E-state index in [4.69, 9.17) is 19.5 Å². The minimum atomic E-state index is -0.482. The molecule has 0 fully saturated rings. The predicted octanol–water partition coefficient (Wildman–Crippen LogP) is 14.1. The van der Waals surface area contributed by atoms with E-state index in [2.05, 4.69) is 21.6 Å². The number of furan rings is 1. The number of benzene rings is 9. The van der Waals surface area contributed by atoms with Gasteiger partial charge in [-0.1, -0.05) is 127 Å². The van der Waals surface area contributed by atoms with Gasteiger partial charge in [0.2, 0.25) is 0 Å². The molecule has 0 aliphatic carbocycles. The number of aromatic nitrogens is 1. The Labute approximate surface area is 321 Å². The highest BCUT2D eigenvalue weighted by atomic mass is 16.3. The zero-order valence-electron chi connectivity index (χ0n) is 38.9. The molecule has 0 N–H and O–H groups in total. The summed E-state index contributed by atoms with van der Waals surface area (Å²) in [6.07, 6.45) is 0. The van der Waals surface area contributed by atoms with Gasteiger partial charge >= 0.3 is 0 Å². The van der Waals surface area contributed by atoms with E-state index in [0.29, 0.717) is 21.9 Å². The molecule has 0 aliphatic rings. The molecule has 248 valence electrons. The van der Waals surface area contributed by atoms with Crippen molar-refractivity contribution in [2.75, 3.05) is 4.90 Å². The molecule has 0 amide bonds. The summed E-state index contributed by atoms with van der Waals surface area (Å²) in [5.41, 5.74) is 5.14. The van der Waals surface area contributed by atoms with Crippen LogP contribution in [0, 0.1) is 0 Å². The third-order valence-corrected chi connectivity index (χ3v) is 9.99. The van der Waals surface area contributed by atoms with E-state index in [1.54, 1.807) is 18.2 Å². The Morgan fingerprint density at radius 2 is 1.19 bits per heavy atom. The van der Waals surface area contributed by atoms with Crippen LogP contribution >= 0.6 is 0 Å². The van der Waals surface area contributed by atoms with Gasteiger partial charge in [-0.15, -0.1) is 0 Å². The fourth-order valence-corrected chi connectivity index (χ4v) is 7.62. The van der Waals surface area contributed by atoms with Crippen molar-refractivity contribution in [3.05, 3.63) is 194 Å². The van der Waals surface area contributed by atoms with Gasteiger partial charge in [-0.3, -0.25) is 0 Å². The van der Waals surface area contributed by atoms with Crippen LogP contribution in [0.5, 0.6) is 0 Å². The van der Waals surface area contributed by atoms with Crippen molar-refractivity contribution in [2.45, 2.75) is 0 Å². The number of hydrogen-bond acceptors (Lipinski definition) is 2. The maximum absolute atomic E-state index is 9.15. The Balaban J connectivity index is 1.14. The summed E-state index contributed by atoms with van der Waals surface area (Å²) in [6, 6.07) is 37.5. The first-order valence-corrected chi connectivity index (χ1v) is 17.2. The first-order valence-electron chi connectivity index (χ1n) is 22.7. The summed E-state index contributed by atoms with van der Waals surface area (Å²) in [6.45, 7) is 0. The van der Waals surface area contributed by atoms with Crippen molar-refractivity contribution < 1.29 is 19.5 Å². The van der Waals surface area contributed by atoms with Crippen LogP contribution < -0.4 is 4.90 Å². The van der Waals surface area contributed by atoms with Crippen LogP contribution in [0.3, 0.4) is 0 Å². The second-order valence-electron chi connectivity index (χ2n) is 12.9. The molecule has 0 bridgehead atoms. The summed E-state index contributed by atoms with van der Waals surface area (Å²) in [4.78, 5) is 2.07. The maximum atomic E-state index is 9.15. The normalized spacial score (nSPS) is 14.7. The van der Waals surface area contributed by atoms with E-state index < -0.39 is 24.2 Å². The second-order valence-corrected chi connectivity index (χ2v) is 12.9. The zero-order valence-corrected chi connectivity index (χ0v) is 27.9. The van der Waals surface area contributed by atoms with Crippen LogP contribution in [0.1, 0.15) is 15.1 Å². The van der Waals surface area contributed by atoms with E-state index in [-0.39, 0.29) is 69.8 Å². The number of para-hydroxylation sites is 2. The molecule has 9 aromatic carbocycles. The summed E-state index contributed by atoms with van der Waals surface area (Å²) >= 11 is 0. The van der Waals surface area contributed by atoms with Crippen molar-refractivity contribution >= 4 is 82.4 Å². The van der Waals surface area contributed by atoms with Gasteiger partial charge in [-0.2, -0.15) is 0 Å². The summed E-state index contributed by atoms with van der Waals surface area (Å²) in [5, 5.41) is 4.79. The first-order chi connectivity index (χ1) is 30.8. The van der Waals surface area contributed by atoms with Gasteiger partial charge in [0.15, 0.2) is 0 Å². The van der Waals surface area contributed by atoms with Crippen LogP contribution in [0.15, 0.2) is 198 Å². The van der Waals surface area contributed by atoms with Crippen LogP contribution in [0.4, 0.5) is 17.1 Å². The number of rotatable bonds is 5. The molecule has 2 aromatic heterocycles. The van der Waals surface area contributed by atoms with Gasteiger partial charge < -0.3 is 13.9 Å². The lowest BCUT2D eigenvalue weighted by Crippen LogP contribution is -2.09. The summed E-state index contributed by atoms with van der Waals surface area (Å²) < 4.78 is 103. The Hall–Kier alpha value is -7.10. The van der Waals surface area contributed by atoms with Crippen molar-refractivity contribution in [3.8, 4) is 16.8 Å². The molecule has 0 atom stereocenters. The predicted molar refractivity (Wildman–Crippen MR) is 223 cm³/mol. The molecule has 0 aliphatic heterocycles. The standard InChI is InChI=1S/C50H32N2O/c1-2-14-37(15-3-1)51(38-25-22-35(23-26-38)41-18-10-20-48-49(41)44-17-8-9-19-47(44)53-48)40-28-30-46-45(32-40)43-29-24-34-12-6-7-16-42(34)50(43)52(46)39-27-21-33-11-4-5-13-36(33)31-39/h1-32H/i6D,7D,8D,9D,10D,12D,16D,17D,18D,19D,20D. The molecule has 0 saturated heterocycles. The van der Waals surface area contributed by atoms with Crippen molar-refractivity contribution in [1.29, 1.82) is 0 Å². The van der Waals surface area contributed by atoms with Gasteiger partial charge in [0.1, 0.15) is 11.2 Å². The Morgan fingerprint density at radius 3 is 2.08 bits per heavy atom. The molecular weight excluding hydrogens is 645 g/mol. The average molecular weight is 688 g/mol. The second kappa shape index (κ2) is 11.7. The molecule has 11 rings (SSSR count). The highest BCUT2D eigenvalue weighted by Gasteiger charge is 2.20. The minimum absolute atomic E-state index is 0.0486. The molecule has 53 heavy (non-hydrogen) atoms. The quantitative estimate of drug-likeness (QED) is 0.180. The Morgan fingerprint density at radius 1 is 0.472 bits per heavy atom. The fraction of sp³-hybridized carbons (Fsp3) is 0. The van der Waals surface area contributed by atoms with Crippen LogP contribution in [-0.2, 0) is 0 Å². The topological polar surface area (TPSA) is 21.3 Å². The highest BCUT2D eigenvalue weighted by molar-refractivity contribution is 6.19. The lowest BCUT2D eigenvalue weighted by molar-refractivity contribution is 0.669. The molecular formula is C50H32N2O. The van der Waals surface area contributed by atoms with Crippen molar-refractivity contribution in [2.24, 2.45) is 0 Å². The number of fused-ring (bicyclic) bond motifs is 9. The van der Waals surface area contributed by atoms with Crippen LogP contribution in [-0.4, -0.2) is 4.57 Å². The molecule has 3 heteroatoms. The SMILES string of the molecule is [2H]c1c([2H])c([2H])c2c(ccc3c4cc(N(c5ccccc5)c5ccc(-c6c([2H])c([2H])c([2H])c7oc8c([2H])c([2H])c([2H])c([2H])c8c67)cc5)ccc4n(-c4ccc5ccccc5c4)c32)c1[2H]. The number of nitrogens with zero attached hydrogens (tertiary/aromatic N) is 2. The van der Waals surface area contributed by atoms with Gasteiger partial charge in [0, 0.05) is 49.7 Å². The van der Waals surface area contributed by atoms with E-state index in [1.807, 2.05) is 97.1 Å². The zero-order chi connectivity index (χ0) is 44.5. The highest BCUT2D eigenvalue weighted by Crippen LogP contribution is 2.43. The van der Waals surface area contributed by atoms with Crippen LogP contribution in [0.25, 0.3) is 82.1 Å². The fourth-order valence-electron chi connectivity index (χ4n) is 7.62. The molecule has 11 aromatic rings. The smallest absolute Gasteiger partial charge is 0.136 e. The van der Waals surface area contributed by atoms with Gasteiger partial charge in [0.25, 0.3) is 0 Å². The van der Waals surface area contributed by atoms with Gasteiger partial charge in [0.05, 0.1) is 26.1 Å². The third kappa shape index (κ3) is 4.68. The maximum Gasteiger partial charge on any atom is 0.136 e. The van der Waals surface area contributed by atoms with E-state index in [9.17, 15) is 0 Å². The molecule has 0 saturated carbocycles. The van der Waals surface area contributed by atoms with E-state index in [1.165, 1.54) is 0 Å². The van der Waals surface area contributed by atoms with E-state index >= 15 is 0 Å². The monoisotopic (exact) mass is 687 g/mol. The average Bonchev–Trinajstić information content (AvgIpc) is 3.88. The van der Waals surface area contributed by atoms with Crippen molar-refractivity contribution in [1.82, 2.24) is 4.57 Å². The third-order valence-electron chi connectivity index (χ3n) is 9.99. The summed E-state index contributed by atoms with van der Waals surface area (Å²) in [5.74, 6) is 0. The summed E-state index contributed by atoms with van der Waals surface area (Å²) in [7, 11) is 0. The Kier molecular flexibility index (Phi) is 4.57. The molecule has 0 unspecified atom stereocenters. The van der Waals surface area contributed by atoms with Crippen molar-refractivity contribution in [3.63, 3.8) is 0 Å². The van der Waals surface area contributed by atoms with Crippen LogP contribution in [0.2, 0.25) is 0 Å². The first kappa shape index (κ1) is 20.7. The molecule has 2 heterocycles. The number of hydrogen-bond donors (Lipinski definition) is 0. The lowest BCUT2D eigenvalue weighted by atomic mass is 9.99. The molecule has 0 radical (unpaired) electrons. The molecule has 3 nitrogen and oxygen atoms in total. The largest absolute Gasteiger partial charge is 0.456 e. The minimum Gasteiger partial charge on any atom is -0.456 e. The van der Waals surface area contributed by atoms with Gasteiger partial charge in [-0.25, -0.2) is 0 Å². The van der Waals surface area contributed by atoms with E-state index in [0.717, 1.165) is 49.8 Å². The lowest BCUT2D eigenvalue weighted by Gasteiger charge is -2.26. The van der Waals surface area contributed by atoms with Gasteiger partial charge in [-0.05, 0) is 94.0 Å². The Bertz CT molecular complexity index is 3810. The molecule has 0 spiro atoms. The number of anilines is 3.